The molecule has 0 radical (unpaired) electrons. The third-order valence-corrected chi connectivity index (χ3v) is 2.09. The number of alkyl halides is 1. The van der Waals surface area contributed by atoms with Gasteiger partial charge in [0.2, 0.25) is 11.3 Å². The summed E-state index contributed by atoms with van der Waals surface area (Å²) in [7, 11) is 0. The minimum Gasteiger partial charge on any atom is -0.294 e. The predicted molar refractivity (Wildman–Crippen MR) is 31.9 cm³/mol. The summed E-state index contributed by atoms with van der Waals surface area (Å²) in [6, 6.07) is 0. The summed E-state index contributed by atoms with van der Waals surface area (Å²) in [6.45, 7) is 0.493. The van der Waals surface area contributed by atoms with Crippen LogP contribution in [0.1, 0.15) is 6.42 Å². The molecule has 0 amide bonds. The van der Waals surface area contributed by atoms with Crippen LogP contribution in [0.25, 0.3) is 0 Å². The lowest BCUT2D eigenvalue weighted by atomic mass is 10.4. The Morgan fingerprint density at radius 3 is 2.67 bits per heavy atom. The van der Waals surface area contributed by atoms with Crippen LogP contribution in [0.4, 0.5) is 4.39 Å². The molecule has 0 aromatic heterocycles. The van der Waals surface area contributed by atoms with Gasteiger partial charge in [0.15, 0.2) is 0 Å². The van der Waals surface area contributed by atoms with Crippen molar-refractivity contribution in [3.63, 3.8) is 0 Å². The van der Waals surface area contributed by atoms with Gasteiger partial charge >= 0.3 is 0 Å². The Labute approximate surface area is 55.3 Å². The zero-order valence-corrected chi connectivity index (χ0v) is 5.60. The molecule has 2 atom stereocenters. The lowest BCUT2D eigenvalue weighted by Gasteiger charge is -2.05. The summed E-state index contributed by atoms with van der Waals surface area (Å²) in [5.74, 6) is 0. The van der Waals surface area contributed by atoms with Crippen LogP contribution in [-0.4, -0.2) is 32.3 Å². The van der Waals surface area contributed by atoms with Crippen molar-refractivity contribution in [3.05, 3.63) is 0 Å². The molecule has 5 heteroatoms. The topological polar surface area (TPSA) is 40.5 Å². The summed E-state index contributed by atoms with van der Waals surface area (Å²) in [5.41, 5.74) is 0. The van der Waals surface area contributed by atoms with Crippen molar-refractivity contribution in [3.8, 4) is 0 Å². The average molecular weight is 153 g/mol. The first-order valence-electron chi connectivity index (χ1n) is 2.70. The van der Waals surface area contributed by atoms with Gasteiger partial charge in [-0.3, -0.25) is 4.55 Å². The lowest BCUT2D eigenvalue weighted by Crippen LogP contribution is -2.22. The van der Waals surface area contributed by atoms with Gasteiger partial charge in [-0.1, -0.05) is 0 Å². The summed E-state index contributed by atoms with van der Waals surface area (Å²) in [6.07, 6.45) is -0.534. The molecule has 0 bridgehead atoms. The summed E-state index contributed by atoms with van der Waals surface area (Å²) >= 11 is -1.97. The van der Waals surface area contributed by atoms with Crippen molar-refractivity contribution < 1.29 is 13.2 Å². The molecule has 0 aromatic rings. The monoisotopic (exact) mass is 153 g/mol. The molecule has 1 saturated heterocycles. The molecule has 1 rings (SSSR count). The van der Waals surface area contributed by atoms with E-state index < -0.39 is 17.4 Å². The molecular weight excluding hydrogens is 145 g/mol. The Hall–Kier alpha value is -0.0000000000000000555. The molecule has 1 aliphatic rings. The zero-order valence-electron chi connectivity index (χ0n) is 4.79. The lowest BCUT2D eigenvalue weighted by molar-refractivity contribution is 0.341. The van der Waals surface area contributed by atoms with Gasteiger partial charge in [-0.25, -0.2) is 8.60 Å². The van der Waals surface area contributed by atoms with Crippen molar-refractivity contribution in [2.45, 2.75) is 12.6 Å². The quantitative estimate of drug-likeness (QED) is 0.545. The van der Waals surface area contributed by atoms with E-state index in [1.165, 1.54) is 4.31 Å². The van der Waals surface area contributed by atoms with Crippen molar-refractivity contribution in [2.75, 3.05) is 13.1 Å². The van der Waals surface area contributed by atoms with Crippen LogP contribution in [0.15, 0.2) is 0 Å². The van der Waals surface area contributed by atoms with Gasteiger partial charge < -0.3 is 0 Å². The fourth-order valence-electron chi connectivity index (χ4n) is 0.829. The highest BCUT2D eigenvalue weighted by Gasteiger charge is 2.24. The smallest absolute Gasteiger partial charge is 0.234 e. The third-order valence-electron chi connectivity index (χ3n) is 1.31. The second kappa shape index (κ2) is 2.72. The Morgan fingerprint density at radius 1 is 1.78 bits per heavy atom. The average Bonchev–Trinajstić information content (AvgIpc) is 2.14. The molecule has 54 valence electrons. The normalized spacial score (nSPS) is 32.9. The molecule has 2 unspecified atom stereocenters. The molecule has 9 heavy (non-hydrogen) atoms. The Balaban J connectivity index is 2.39. The molecule has 3 nitrogen and oxygen atoms in total. The second-order valence-corrected chi connectivity index (χ2v) is 2.98. The van der Waals surface area contributed by atoms with Gasteiger partial charge in [-0.2, -0.15) is 4.31 Å². The van der Waals surface area contributed by atoms with E-state index in [-0.39, 0.29) is 6.54 Å². The Bertz CT molecular complexity index is 132. The van der Waals surface area contributed by atoms with Gasteiger partial charge in [0.05, 0.1) is 0 Å². The molecular formula is C4H8FNO2S. The van der Waals surface area contributed by atoms with Crippen LogP contribution in [0.5, 0.6) is 0 Å². The number of nitrogens with zero attached hydrogens (tertiary/aromatic N) is 1. The van der Waals surface area contributed by atoms with E-state index in [1.807, 2.05) is 0 Å². The minimum absolute atomic E-state index is 0.100. The van der Waals surface area contributed by atoms with Crippen molar-refractivity contribution in [2.24, 2.45) is 0 Å². The Morgan fingerprint density at radius 2 is 2.44 bits per heavy atom. The SMILES string of the molecule is O=S(O)N1CCC(F)C1. The summed E-state index contributed by atoms with van der Waals surface area (Å²) < 4.78 is 32.1. The number of hydrogen-bond acceptors (Lipinski definition) is 1. The van der Waals surface area contributed by atoms with Gasteiger partial charge in [-0.15, -0.1) is 0 Å². The van der Waals surface area contributed by atoms with Crippen LogP contribution in [0, 0.1) is 0 Å². The van der Waals surface area contributed by atoms with Gasteiger partial charge in [0.1, 0.15) is 6.17 Å². The molecule has 0 aliphatic carbocycles. The van der Waals surface area contributed by atoms with E-state index in [2.05, 4.69) is 0 Å². The third kappa shape index (κ3) is 1.70. The largest absolute Gasteiger partial charge is 0.294 e. The first-order valence-corrected chi connectivity index (χ1v) is 3.76. The number of halogens is 1. The highest BCUT2D eigenvalue weighted by Crippen LogP contribution is 2.12. The first-order chi connectivity index (χ1) is 4.20. The molecule has 0 aromatic carbocycles. The van der Waals surface area contributed by atoms with Crippen LogP contribution < -0.4 is 0 Å². The minimum atomic E-state index is -1.97. The second-order valence-electron chi connectivity index (χ2n) is 2.00. The molecule has 0 saturated carbocycles. The number of rotatable bonds is 1. The van der Waals surface area contributed by atoms with E-state index in [9.17, 15) is 8.60 Å². The summed E-state index contributed by atoms with van der Waals surface area (Å²) in [4.78, 5) is 0. The maximum Gasteiger partial charge on any atom is 0.234 e. The van der Waals surface area contributed by atoms with Crippen molar-refractivity contribution in [1.82, 2.24) is 4.31 Å². The maximum atomic E-state index is 12.2. The highest BCUT2D eigenvalue weighted by molar-refractivity contribution is 7.76. The molecule has 1 N–H and O–H groups in total. The maximum absolute atomic E-state index is 12.2. The van der Waals surface area contributed by atoms with Gasteiger partial charge in [0.25, 0.3) is 0 Å². The Kier molecular flexibility index (Phi) is 2.15. The molecule has 1 aliphatic heterocycles. The predicted octanol–water partition coefficient (Wildman–Crippen LogP) is 0.167. The standard InChI is InChI=1S/C4H8FNO2S/c5-4-1-2-6(3-4)9(7)8/h4H,1-3H2,(H,7,8). The van der Waals surface area contributed by atoms with Gasteiger partial charge in [0, 0.05) is 13.1 Å². The van der Waals surface area contributed by atoms with Crippen LogP contribution in [0.2, 0.25) is 0 Å². The fourth-order valence-corrected chi connectivity index (χ4v) is 1.38. The van der Waals surface area contributed by atoms with E-state index in [4.69, 9.17) is 4.55 Å². The zero-order chi connectivity index (χ0) is 6.85. The highest BCUT2D eigenvalue weighted by atomic mass is 32.2. The van der Waals surface area contributed by atoms with Crippen LogP contribution in [-0.2, 0) is 11.3 Å². The first kappa shape index (κ1) is 7.11. The van der Waals surface area contributed by atoms with Crippen LogP contribution >= 0.6 is 0 Å². The molecule has 1 fully saturated rings. The van der Waals surface area contributed by atoms with Crippen LogP contribution in [0.3, 0.4) is 0 Å². The summed E-state index contributed by atoms with van der Waals surface area (Å²) in [5, 5.41) is 0. The van der Waals surface area contributed by atoms with Crippen molar-refractivity contribution >= 4 is 11.3 Å². The van der Waals surface area contributed by atoms with Crippen molar-refractivity contribution in [1.29, 1.82) is 0 Å². The van der Waals surface area contributed by atoms with E-state index >= 15 is 0 Å². The molecule has 1 heterocycles. The van der Waals surface area contributed by atoms with E-state index in [0.717, 1.165) is 0 Å². The number of hydrogen-bond donors (Lipinski definition) is 1. The van der Waals surface area contributed by atoms with Gasteiger partial charge in [-0.05, 0) is 6.42 Å². The van der Waals surface area contributed by atoms with E-state index in [1.54, 1.807) is 0 Å². The molecule has 0 spiro atoms. The fraction of sp³-hybridized carbons (Fsp3) is 1.00. The van der Waals surface area contributed by atoms with E-state index in [0.29, 0.717) is 13.0 Å².